The molecule has 1 fully saturated rings. The first kappa shape index (κ1) is 27.8. The van der Waals surface area contributed by atoms with Crippen molar-refractivity contribution in [3.05, 3.63) is 72.3 Å². The van der Waals surface area contributed by atoms with E-state index in [0.717, 1.165) is 32.4 Å². The van der Waals surface area contributed by atoms with Crippen molar-refractivity contribution in [1.29, 1.82) is 0 Å². The number of benzene rings is 3. The van der Waals surface area contributed by atoms with Gasteiger partial charge in [0, 0.05) is 36.1 Å². The molecule has 0 radical (unpaired) electrons. The average Bonchev–Trinajstić information content (AvgIpc) is 2.96. The van der Waals surface area contributed by atoms with Gasteiger partial charge >= 0.3 is 0 Å². The highest BCUT2D eigenvalue weighted by Gasteiger charge is 2.24. The first-order chi connectivity index (χ1) is 18.8. The number of methoxy groups -OCH3 is 3. The lowest BCUT2D eigenvalue weighted by Gasteiger charge is -2.30. The molecule has 3 aromatic rings. The Morgan fingerprint density at radius 1 is 0.821 bits per heavy atom. The third-order valence-corrected chi connectivity index (χ3v) is 7.82. The third kappa shape index (κ3) is 7.02. The minimum atomic E-state index is -3.98. The zero-order chi connectivity index (χ0) is 27.8. The number of rotatable bonds is 10. The zero-order valence-electron chi connectivity index (χ0n) is 22.3. The fourth-order valence-corrected chi connectivity index (χ4v) is 5.70. The topological polar surface area (TPSA) is 106 Å². The van der Waals surface area contributed by atoms with Crippen LogP contribution in [0.3, 0.4) is 0 Å². The second-order valence-electron chi connectivity index (χ2n) is 8.99. The monoisotopic (exact) mass is 551 g/mol. The fourth-order valence-electron chi connectivity index (χ4n) is 4.39. The lowest BCUT2D eigenvalue weighted by Crippen LogP contribution is -2.31. The first-order valence-electron chi connectivity index (χ1n) is 12.6. The van der Waals surface area contributed by atoms with E-state index < -0.39 is 15.9 Å². The van der Waals surface area contributed by atoms with E-state index in [0.29, 0.717) is 39.9 Å². The van der Waals surface area contributed by atoms with Gasteiger partial charge in [0.2, 0.25) is 5.91 Å². The normalized spacial score (nSPS) is 13.7. The highest BCUT2D eigenvalue weighted by Crippen LogP contribution is 2.32. The van der Waals surface area contributed by atoms with Gasteiger partial charge in [-0.05, 0) is 86.0 Å². The Hall–Kier alpha value is -4.18. The molecule has 3 aromatic carbocycles. The molecule has 2 N–H and O–H groups in total. The number of nitrogens with zero attached hydrogens (tertiary/aromatic N) is 1. The van der Waals surface area contributed by atoms with Crippen LogP contribution in [0, 0.1) is 0 Å². The summed E-state index contributed by atoms with van der Waals surface area (Å²) in [6, 6.07) is 16.9. The molecule has 0 bridgehead atoms. The molecular formula is C29H33N3O6S. The van der Waals surface area contributed by atoms with E-state index in [1.807, 2.05) is 0 Å². The van der Waals surface area contributed by atoms with Crippen LogP contribution in [0.4, 0.5) is 17.1 Å². The van der Waals surface area contributed by atoms with Gasteiger partial charge in [0.25, 0.3) is 10.0 Å². The summed E-state index contributed by atoms with van der Waals surface area (Å²) in [5.41, 5.74) is 2.04. The largest absolute Gasteiger partial charge is 0.497 e. The molecule has 9 nitrogen and oxygen atoms in total. The van der Waals surface area contributed by atoms with Crippen molar-refractivity contribution in [3.8, 4) is 17.2 Å². The Bertz CT molecular complexity index is 1430. The van der Waals surface area contributed by atoms with Crippen molar-refractivity contribution in [2.75, 3.05) is 49.4 Å². The van der Waals surface area contributed by atoms with Crippen LogP contribution in [-0.2, 0) is 14.8 Å². The Morgan fingerprint density at radius 3 is 2.15 bits per heavy atom. The molecule has 0 saturated carbocycles. The number of sulfonamides is 1. The van der Waals surface area contributed by atoms with Crippen LogP contribution >= 0.6 is 0 Å². The second-order valence-corrected chi connectivity index (χ2v) is 10.6. The molecule has 0 aliphatic carbocycles. The number of anilines is 3. The molecule has 1 aliphatic heterocycles. The van der Waals surface area contributed by atoms with Gasteiger partial charge < -0.3 is 24.4 Å². The van der Waals surface area contributed by atoms with Gasteiger partial charge in [-0.3, -0.25) is 9.52 Å². The summed E-state index contributed by atoms with van der Waals surface area (Å²) in [6.07, 6.45) is 6.06. The quantitative estimate of drug-likeness (QED) is 0.336. The molecule has 1 aliphatic rings. The number of nitrogens with one attached hydrogen (secondary N) is 2. The molecule has 0 atom stereocenters. The van der Waals surface area contributed by atoms with E-state index >= 15 is 0 Å². The van der Waals surface area contributed by atoms with Crippen molar-refractivity contribution in [1.82, 2.24) is 0 Å². The van der Waals surface area contributed by atoms with Crippen LogP contribution < -0.4 is 29.1 Å². The molecule has 0 spiro atoms. The molecule has 1 saturated heterocycles. The summed E-state index contributed by atoms with van der Waals surface area (Å²) in [5, 5.41) is 2.77. The van der Waals surface area contributed by atoms with Crippen LogP contribution in [0.15, 0.2) is 71.6 Å². The van der Waals surface area contributed by atoms with Crippen molar-refractivity contribution in [2.45, 2.75) is 24.2 Å². The third-order valence-electron chi connectivity index (χ3n) is 6.41. The van der Waals surface area contributed by atoms with Crippen LogP contribution in [0.1, 0.15) is 24.8 Å². The Balaban J connectivity index is 1.60. The number of hydrogen-bond acceptors (Lipinski definition) is 7. The van der Waals surface area contributed by atoms with Gasteiger partial charge in [-0.1, -0.05) is 0 Å². The molecule has 39 heavy (non-hydrogen) atoms. The number of ether oxygens (including phenoxy) is 3. The summed E-state index contributed by atoms with van der Waals surface area (Å²) in [7, 11) is 0.679. The summed E-state index contributed by atoms with van der Waals surface area (Å²) in [6.45, 7) is 1.53. The molecule has 0 unspecified atom stereocenters. The zero-order valence-corrected chi connectivity index (χ0v) is 23.1. The fraction of sp³-hybridized carbons (Fsp3) is 0.276. The van der Waals surface area contributed by atoms with E-state index in [1.165, 1.54) is 12.1 Å². The predicted octanol–water partition coefficient (Wildman–Crippen LogP) is 5.16. The summed E-state index contributed by atoms with van der Waals surface area (Å²) < 4.78 is 45.6. The molecule has 4 rings (SSSR count). The van der Waals surface area contributed by atoms with Gasteiger partial charge in [0.1, 0.15) is 22.1 Å². The van der Waals surface area contributed by atoms with Gasteiger partial charge in [-0.15, -0.1) is 0 Å². The minimum absolute atomic E-state index is 0.0939. The van der Waals surface area contributed by atoms with E-state index in [-0.39, 0.29) is 4.90 Å². The Morgan fingerprint density at radius 2 is 1.49 bits per heavy atom. The number of amides is 1. The highest BCUT2D eigenvalue weighted by atomic mass is 32.2. The van der Waals surface area contributed by atoms with E-state index in [9.17, 15) is 13.2 Å². The maximum atomic E-state index is 13.6. The Labute approximate surface area is 229 Å². The van der Waals surface area contributed by atoms with E-state index in [4.69, 9.17) is 14.2 Å². The number of carbonyl (C=O) groups excluding carboxylic acids is 1. The van der Waals surface area contributed by atoms with Gasteiger partial charge in [-0.2, -0.15) is 0 Å². The highest BCUT2D eigenvalue weighted by molar-refractivity contribution is 7.92. The molecule has 0 aromatic heterocycles. The molecule has 206 valence electrons. The number of hydrogen-bond donors (Lipinski definition) is 2. The van der Waals surface area contributed by atoms with Crippen molar-refractivity contribution < 1.29 is 27.4 Å². The lowest BCUT2D eigenvalue weighted by molar-refractivity contribution is -0.111. The summed E-state index contributed by atoms with van der Waals surface area (Å²) in [4.78, 5) is 15.0. The molecular weight excluding hydrogens is 518 g/mol. The molecule has 1 heterocycles. The van der Waals surface area contributed by atoms with Gasteiger partial charge in [0.05, 0.1) is 27.0 Å². The van der Waals surface area contributed by atoms with Crippen molar-refractivity contribution in [3.63, 3.8) is 0 Å². The standard InChI is InChI=1S/C29H33N3O6S/c1-36-24-11-8-22(9-12-24)31-39(34,35)28-20-23(10-14-26(28)32-17-5-4-6-18-32)30-29(33)16-7-21-19-25(37-2)13-15-27(21)38-3/h7-16,19-20,31H,4-6,17-18H2,1-3H3,(H,30,33). The van der Waals surface area contributed by atoms with Crippen molar-refractivity contribution >= 4 is 39.1 Å². The van der Waals surface area contributed by atoms with Gasteiger partial charge in [0.15, 0.2) is 0 Å². The van der Waals surface area contributed by atoms with E-state index in [2.05, 4.69) is 14.9 Å². The van der Waals surface area contributed by atoms with Crippen LogP contribution in [0.2, 0.25) is 0 Å². The SMILES string of the molecule is COc1ccc(NS(=O)(=O)c2cc(NC(=O)C=Cc3cc(OC)ccc3OC)ccc2N2CCCCC2)cc1. The smallest absolute Gasteiger partial charge is 0.264 e. The number of carbonyl (C=O) groups is 1. The van der Waals surface area contributed by atoms with Crippen LogP contribution in [0.5, 0.6) is 17.2 Å². The lowest BCUT2D eigenvalue weighted by atomic mass is 10.1. The predicted molar refractivity (Wildman–Crippen MR) is 154 cm³/mol. The molecule has 1 amide bonds. The second kappa shape index (κ2) is 12.6. The summed E-state index contributed by atoms with van der Waals surface area (Å²) in [5.74, 6) is 1.42. The molecule has 10 heteroatoms. The maximum Gasteiger partial charge on any atom is 0.264 e. The van der Waals surface area contributed by atoms with Crippen LogP contribution in [-0.4, -0.2) is 48.7 Å². The first-order valence-corrected chi connectivity index (χ1v) is 14.1. The van der Waals surface area contributed by atoms with Gasteiger partial charge in [-0.25, -0.2) is 8.42 Å². The van der Waals surface area contributed by atoms with Crippen molar-refractivity contribution in [2.24, 2.45) is 0 Å². The summed E-state index contributed by atoms with van der Waals surface area (Å²) >= 11 is 0. The maximum absolute atomic E-state index is 13.6. The van der Waals surface area contributed by atoms with Crippen LogP contribution in [0.25, 0.3) is 6.08 Å². The minimum Gasteiger partial charge on any atom is -0.497 e. The van der Waals surface area contributed by atoms with E-state index in [1.54, 1.807) is 82.0 Å². The average molecular weight is 552 g/mol. The number of piperidine rings is 1. The Kier molecular flexibility index (Phi) is 8.98.